The van der Waals surface area contributed by atoms with Crippen molar-refractivity contribution in [3.63, 3.8) is 0 Å². The fraction of sp³-hybridized carbons (Fsp3) is 0.714. The Morgan fingerprint density at radius 3 is 2.52 bits per heavy atom. The zero-order valence-corrected chi connectivity index (χ0v) is 16.7. The first-order valence-electron chi connectivity index (χ1n) is 10.4. The van der Waals surface area contributed by atoms with Crippen molar-refractivity contribution in [2.45, 2.75) is 82.7 Å². The van der Waals surface area contributed by atoms with E-state index >= 15 is 0 Å². The van der Waals surface area contributed by atoms with Gasteiger partial charge in [-0.15, -0.1) is 11.3 Å². The van der Waals surface area contributed by atoms with Gasteiger partial charge in [0.2, 0.25) is 5.92 Å². The molecule has 2 saturated heterocycles. The van der Waals surface area contributed by atoms with Gasteiger partial charge in [-0.05, 0) is 63.4 Å². The molecule has 3 nitrogen and oxygen atoms in total. The van der Waals surface area contributed by atoms with E-state index in [-0.39, 0.29) is 18.8 Å². The molecule has 0 amide bonds. The molecule has 0 atom stereocenters. The van der Waals surface area contributed by atoms with E-state index in [4.69, 9.17) is 4.98 Å². The molecule has 2 saturated carbocycles. The summed E-state index contributed by atoms with van der Waals surface area (Å²) in [6.07, 6.45) is 6.60. The van der Waals surface area contributed by atoms with Crippen LogP contribution in [0.5, 0.6) is 0 Å². The Hall–Kier alpha value is -1.14. The van der Waals surface area contributed by atoms with Crippen LogP contribution in [-0.4, -0.2) is 33.4 Å². The summed E-state index contributed by atoms with van der Waals surface area (Å²) in [5.74, 6) is -0.538. The second-order valence-electron chi connectivity index (χ2n) is 8.82. The van der Waals surface area contributed by atoms with E-state index in [1.54, 1.807) is 11.3 Å². The van der Waals surface area contributed by atoms with Gasteiger partial charge in [-0.25, -0.2) is 18.7 Å². The number of hydrogen-bond acceptors (Lipinski definition) is 4. The second-order valence-corrected chi connectivity index (χ2v) is 9.88. The summed E-state index contributed by atoms with van der Waals surface area (Å²) in [6, 6.07) is 2.92. The smallest absolute Gasteiger partial charge is 0.248 e. The molecule has 6 heteroatoms. The highest BCUT2D eigenvalue weighted by Gasteiger charge is 2.36. The molecular formula is C21H27F2N3S. The van der Waals surface area contributed by atoms with Crippen LogP contribution >= 0.6 is 11.3 Å². The average Bonchev–Trinajstić information content (AvgIpc) is 3.06. The van der Waals surface area contributed by atoms with Crippen molar-refractivity contribution >= 4 is 21.6 Å². The number of rotatable bonds is 3. The van der Waals surface area contributed by atoms with Crippen LogP contribution in [0.4, 0.5) is 8.78 Å². The molecule has 2 aliphatic heterocycles. The van der Waals surface area contributed by atoms with Crippen molar-refractivity contribution in [1.82, 2.24) is 14.9 Å². The number of halogens is 2. The Morgan fingerprint density at radius 2 is 1.85 bits per heavy atom. The summed E-state index contributed by atoms with van der Waals surface area (Å²) in [5.41, 5.74) is 1.13. The van der Waals surface area contributed by atoms with Crippen LogP contribution in [0.2, 0.25) is 0 Å². The highest BCUT2D eigenvalue weighted by Crippen LogP contribution is 2.44. The zero-order chi connectivity index (χ0) is 18.6. The van der Waals surface area contributed by atoms with Gasteiger partial charge >= 0.3 is 0 Å². The maximum atomic E-state index is 13.5. The molecule has 0 spiro atoms. The van der Waals surface area contributed by atoms with Crippen molar-refractivity contribution in [2.24, 2.45) is 5.92 Å². The minimum absolute atomic E-state index is 0.0142. The molecule has 0 N–H and O–H groups in total. The van der Waals surface area contributed by atoms with Crippen LogP contribution in [0.3, 0.4) is 0 Å². The van der Waals surface area contributed by atoms with Gasteiger partial charge in [0, 0.05) is 42.2 Å². The molecule has 146 valence electrons. The maximum Gasteiger partial charge on any atom is 0.248 e. The third-order valence-corrected chi connectivity index (χ3v) is 8.09. The molecule has 2 bridgehead atoms. The quantitative estimate of drug-likeness (QED) is 0.675. The van der Waals surface area contributed by atoms with E-state index < -0.39 is 5.92 Å². The van der Waals surface area contributed by atoms with E-state index in [2.05, 4.69) is 16.0 Å². The summed E-state index contributed by atoms with van der Waals surface area (Å²) in [4.78, 5) is 14.3. The topological polar surface area (TPSA) is 29.0 Å². The van der Waals surface area contributed by atoms with Crippen molar-refractivity contribution in [2.75, 3.05) is 6.54 Å². The monoisotopic (exact) mass is 391 g/mol. The summed E-state index contributed by atoms with van der Waals surface area (Å²) in [7, 11) is 0. The lowest BCUT2D eigenvalue weighted by molar-refractivity contribution is -0.0379. The highest BCUT2D eigenvalue weighted by molar-refractivity contribution is 7.18. The molecule has 4 fully saturated rings. The highest BCUT2D eigenvalue weighted by atomic mass is 32.1. The van der Waals surface area contributed by atoms with Gasteiger partial charge in [0.1, 0.15) is 10.7 Å². The number of thiophene rings is 1. The Bertz CT molecular complexity index is 831. The van der Waals surface area contributed by atoms with Gasteiger partial charge in [0.05, 0.1) is 5.69 Å². The van der Waals surface area contributed by atoms with E-state index in [9.17, 15) is 8.78 Å². The number of alkyl halides is 2. The lowest BCUT2D eigenvalue weighted by atomic mass is 9.80. The zero-order valence-electron chi connectivity index (χ0n) is 15.9. The number of piperidine rings is 2. The number of aromatic nitrogens is 2. The SMILES string of the molecule is Cc1nc(CN2CC3CCC2CC3)c2cc(C3CCC(F)(F)CC3)sc2n1. The third-order valence-electron chi connectivity index (χ3n) is 6.90. The van der Waals surface area contributed by atoms with Crippen LogP contribution in [-0.2, 0) is 6.54 Å². The van der Waals surface area contributed by atoms with Crippen molar-refractivity contribution in [3.05, 3.63) is 22.5 Å². The summed E-state index contributed by atoms with van der Waals surface area (Å²) in [6.45, 7) is 4.07. The first-order valence-corrected chi connectivity index (χ1v) is 11.2. The van der Waals surface area contributed by atoms with Crippen LogP contribution in [0.25, 0.3) is 10.2 Å². The third kappa shape index (κ3) is 3.51. The van der Waals surface area contributed by atoms with E-state index in [1.807, 2.05) is 6.92 Å². The summed E-state index contributed by atoms with van der Waals surface area (Å²) >= 11 is 1.70. The molecule has 4 aliphatic rings. The van der Waals surface area contributed by atoms with Crippen molar-refractivity contribution < 1.29 is 8.78 Å². The Balaban J connectivity index is 1.42. The first kappa shape index (κ1) is 17.9. The molecule has 0 aromatic carbocycles. The number of aryl methyl sites for hydroxylation is 1. The summed E-state index contributed by atoms with van der Waals surface area (Å²) < 4.78 is 27.0. The van der Waals surface area contributed by atoms with Gasteiger partial charge in [-0.3, -0.25) is 4.90 Å². The fourth-order valence-corrected chi connectivity index (χ4v) is 6.59. The van der Waals surface area contributed by atoms with Gasteiger partial charge in [0.15, 0.2) is 0 Å². The average molecular weight is 392 g/mol. The first-order chi connectivity index (χ1) is 13.0. The Labute approximate surface area is 163 Å². The Morgan fingerprint density at radius 1 is 1.11 bits per heavy atom. The van der Waals surface area contributed by atoms with Gasteiger partial charge in [-0.2, -0.15) is 0 Å². The van der Waals surface area contributed by atoms with Crippen LogP contribution < -0.4 is 0 Å². The molecule has 6 rings (SSSR count). The normalized spacial score (nSPS) is 28.9. The van der Waals surface area contributed by atoms with E-state index in [1.165, 1.54) is 37.1 Å². The maximum absolute atomic E-state index is 13.5. The molecule has 2 aromatic rings. The standard InChI is InChI=1S/C21H27F2N3S/c1-13-24-18(12-26-11-14-2-4-16(26)5-3-14)17-10-19(27-20(17)25-13)15-6-8-21(22,23)9-7-15/h10,14-16H,2-9,11-12H2,1H3. The molecule has 0 unspecified atom stereocenters. The largest absolute Gasteiger partial charge is 0.294 e. The molecule has 2 aliphatic carbocycles. The fourth-order valence-electron chi connectivity index (χ4n) is 5.32. The Kier molecular flexibility index (Phi) is 4.47. The minimum atomic E-state index is -2.47. The summed E-state index contributed by atoms with van der Waals surface area (Å²) in [5, 5.41) is 1.15. The van der Waals surface area contributed by atoms with Crippen LogP contribution in [0.15, 0.2) is 6.07 Å². The van der Waals surface area contributed by atoms with Gasteiger partial charge < -0.3 is 0 Å². The predicted molar refractivity (Wildman–Crippen MR) is 104 cm³/mol. The van der Waals surface area contributed by atoms with Gasteiger partial charge in [0.25, 0.3) is 0 Å². The number of fused-ring (bicyclic) bond motifs is 4. The minimum Gasteiger partial charge on any atom is -0.294 e. The molecular weight excluding hydrogens is 364 g/mol. The lowest BCUT2D eigenvalue weighted by Crippen LogP contribution is -2.47. The van der Waals surface area contributed by atoms with Crippen molar-refractivity contribution in [1.29, 1.82) is 0 Å². The van der Waals surface area contributed by atoms with Gasteiger partial charge in [-0.1, -0.05) is 0 Å². The number of nitrogens with zero attached hydrogens (tertiary/aromatic N) is 3. The van der Waals surface area contributed by atoms with Crippen molar-refractivity contribution in [3.8, 4) is 0 Å². The lowest BCUT2D eigenvalue weighted by Gasteiger charge is -2.45. The molecule has 0 radical (unpaired) electrons. The van der Waals surface area contributed by atoms with Crippen LogP contribution in [0.1, 0.15) is 73.7 Å². The predicted octanol–water partition coefficient (Wildman–Crippen LogP) is 5.67. The molecule has 2 aromatic heterocycles. The second kappa shape index (κ2) is 6.73. The van der Waals surface area contributed by atoms with E-state index in [0.29, 0.717) is 18.9 Å². The molecule has 27 heavy (non-hydrogen) atoms. The molecule has 4 heterocycles. The number of hydrogen-bond donors (Lipinski definition) is 0. The van der Waals surface area contributed by atoms with Crippen LogP contribution in [0, 0.1) is 12.8 Å². The van der Waals surface area contributed by atoms with E-state index in [0.717, 1.165) is 34.2 Å².